The molecule has 0 saturated carbocycles. The molecule has 0 fully saturated rings. The third-order valence-corrected chi connectivity index (χ3v) is 5.49. The molecule has 0 bridgehead atoms. The Bertz CT molecular complexity index is 1510. The summed E-state index contributed by atoms with van der Waals surface area (Å²) in [6, 6.07) is 5.48. The largest absolute Gasteiger partial charge is 0.508 e. The topological polar surface area (TPSA) is 50.2 Å². The molecule has 12 heteroatoms. The maximum Gasteiger partial charge on any atom is 0.416 e. The van der Waals surface area contributed by atoms with Crippen LogP contribution in [0.25, 0.3) is 22.0 Å². The van der Waals surface area contributed by atoms with Crippen LogP contribution in [-0.4, -0.2) is 47.3 Å². The molecule has 0 amide bonds. The van der Waals surface area contributed by atoms with Crippen molar-refractivity contribution in [1.82, 2.24) is 4.98 Å². The molecule has 1 aromatic heterocycles. The van der Waals surface area contributed by atoms with Gasteiger partial charge in [0.05, 0.1) is 11.1 Å². The number of nitrogens with zero attached hydrogens (tertiary/aromatic N) is 1. The number of phenolic OH excluding ortho intramolecular Hbond substituents is 1. The minimum atomic E-state index is -4.80. The number of fused-ring (bicyclic) bond motifs is 1. The van der Waals surface area contributed by atoms with Crippen LogP contribution in [0.4, 0.5) is 22.0 Å². The van der Waals surface area contributed by atoms with E-state index >= 15 is 0 Å². The highest BCUT2D eigenvalue weighted by atomic mass is 19.4. The maximum atomic E-state index is 14.9. The number of pyridine rings is 1. The van der Waals surface area contributed by atoms with E-state index in [4.69, 9.17) is 31.4 Å². The third kappa shape index (κ3) is 4.11. The molecular formula is C23H8B4F5NO2. The zero-order valence-electron chi connectivity index (χ0n) is 17.5. The van der Waals surface area contributed by atoms with E-state index in [9.17, 15) is 31.9 Å². The van der Waals surface area contributed by atoms with E-state index in [0.717, 1.165) is 12.3 Å². The van der Waals surface area contributed by atoms with Gasteiger partial charge in [0.25, 0.3) is 0 Å². The lowest BCUT2D eigenvalue weighted by atomic mass is 9.65. The van der Waals surface area contributed by atoms with Crippen LogP contribution < -0.4 is 21.9 Å². The molecule has 1 heterocycles. The second kappa shape index (κ2) is 8.59. The highest BCUT2D eigenvalue weighted by Crippen LogP contribution is 2.36. The minimum Gasteiger partial charge on any atom is -0.508 e. The van der Waals surface area contributed by atoms with Gasteiger partial charge in [-0.1, -0.05) is 27.9 Å². The number of rotatable bonds is 3. The van der Waals surface area contributed by atoms with Gasteiger partial charge in [-0.05, 0) is 24.3 Å². The van der Waals surface area contributed by atoms with Gasteiger partial charge in [-0.2, -0.15) is 13.2 Å². The van der Waals surface area contributed by atoms with E-state index in [2.05, 4.69) is 4.98 Å². The number of hydrogen-bond acceptors (Lipinski definition) is 3. The summed E-state index contributed by atoms with van der Waals surface area (Å²) in [7, 11) is 23.0. The van der Waals surface area contributed by atoms with Crippen LogP contribution >= 0.6 is 0 Å². The van der Waals surface area contributed by atoms with Crippen molar-refractivity contribution >= 4 is 69.9 Å². The Morgan fingerprint density at radius 1 is 0.829 bits per heavy atom. The lowest BCUT2D eigenvalue weighted by molar-refractivity contribution is -0.137. The number of alkyl halides is 3. The Morgan fingerprint density at radius 3 is 2.03 bits per heavy atom. The number of aromatic nitrogens is 1. The summed E-state index contributed by atoms with van der Waals surface area (Å²) in [6.07, 6.45) is -3.76. The molecule has 0 spiro atoms. The molecule has 164 valence electrons. The second-order valence-electron chi connectivity index (χ2n) is 7.61. The Balaban J connectivity index is 2.07. The first-order valence-corrected chi connectivity index (χ1v) is 9.77. The average molecular weight is 469 g/mol. The van der Waals surface area contributed by atoms with E-state index in [0.29, 0.717) is 6.07 Å². The average Bonchev–Trinajstić information content (AvgIpc) is 2.80. The first kappa shape index (κ1) is 24.6. The quantitative estimate of drug-likeness (QED) is 0.280. The zero-order valence-corrected chi connectivity index (χ0v) is 17.5. The summed E-state index contributed by atoms with van der Waals surface area (Å²) in [5.74, 6) is -3.58. The Kier molecular flexibility index (Phi) is 6.03. The first-order chi connectivity index (χ1) is 16.3. The fourth-order valence-corrected chi connectivity index (χ4v) is 3.71. The van der Waals surface area contributed by atoms with Gasteiger partial charge in [-0.15, -0.1) is 0 Å². The highest BCUT2D eigenvalue weighted by Gasteiger charge is 2.32. The summed E-state index contributed by atoms with van der Waals surface area (Å²) in [4.78, 5) is 17.8. The van der Waals surface area contributed by atoms with Gasteiger partial charge in [-0.3, -0.25) is 9.78 Å². The van der Waals surface area contributed by atoms with Gasteiger partial charge in [-0.25, -0.2) is 8.78 Å². The smallest absolute Gasteiger partial charge is 0.416 e. The van der Waals surface area contributed by atoms with Crippen LogP contribution in [-0.2, 0) is 6.18 Å². The Morgan fingerprint density at radius 2 is 1.46 bits per heavy atom. The minimum absolute atomic E-state index is 0.0739. The van der Waals surface area contributed by atoms with Gasteiger partial charge in [0.1, 0.15) is 48.8 Å². The lowest BCUT2D eigenvalue weighted by Gasteiger charge is -2.20. The van der Waals surface area contributed by atoms with Crippen LogP contribution in [0.2, 0.25) is 0 Å². The molecule has 4 rings (SSSR count). The number of phenols is 1. The van der Waals surface area contributed by atoms with Crippen LogP contribution in [0.5, 0.6) is 5.75 Å². The summed E-state index contributed by atoms with van der Waals surface area (Å²) in [5.41, 5.74) is -4.83. The molecule has 0 saturated heterocycles. The van der Waals surface area contributed by atoms with Crippen molar-refractivity contribution in [2.45, 2.75) is 6.18 Å². The van der Waals surface area contributed by atoms with Gasteiger partial charge in [0.2, 0.25) is 0 Å². The van der Waals surface area contributed by atoms with Gasteiger partial charge < -0.3 is 5.11 Å². The van der Waals surface area contributed by atoms with Crippen molar-refractivity contribution in [3.05, 3.63) is 70.9 Å². The first-order valence-electron chi connectivity index (χ1n) is 9.77. The molecule has 1 N–H and O–H groups in total. The number of aromatic hydroxyl groups is 1. The van der Waals surface area contributed by atoms with Crippen LogP contribution in [0.3, 0.4) is 0 Å². The standard InChI is InChI=1S/C23H8B4F5NO2/c24-17-16(18(25)20(27)21(29)19(17)26)22(35)15-11-4-2-9(34)6-14(11)33-7-12(15)10-3-1-8(5-13(10)28)23(30,31)32/h1-7,34H. The van der Waals surface area contributed by atoms with Crippen molar-refractivity contribution in [2.24, 2.45) is 0 Å². The molecule has 3 aromatic carbocycles. The maximum absolute atomic E-state index is 14.9. The summed E-state index contributed by atoms with van der Waals surface area (Å²) in [5, 5.41) is 9.87. The Labute approximate surface area is 201 Å². The molecule has 0 aliphatic rings. The predicted octanol–water partition coefficient (Wildman–Crippen LogP) is 1.31. The molecule has 0 aliphatic heterocycles. The molecule has 3 nitrogen and oxygen atoms in total. The second-order valence-corrected chi connectivity index (χ2v) is 7.61. The summed E-state index contributed by atoms with van der Waals surface area (Å²) < 4.78 is 68.2. The van der Waals surface area contributed by atoms with Gasteiger partial charge >= 0.3 is 6.18 Å². The van der Waals surface area contributed by atoms with Crippen molar-refractivity contribution in [1.29, 1.82) is 0 Å². The molecule has 0 aliphatic carbocycles. The zero-order chi connectivity index (χ0) is 25.8. The molecule has 35 heavy (non-hydrogen) atoms. The normalized spacial score (nSPS) is 11.7. The molecule has 0 atom stereocenters. The highest BCUT2D eigenvalue weighted by molar-refractivity contribution is 6.60. The van der Waals surface area contributed by atoms with Crippen LogP contribution in [0, 0.1) is 11.6 Å². The summed E-state index contributed by atoms with van der Waals surface area (Å²) >= 11 is 0. The molecule has 4 aromatic rings. The molecular weight excluding hydrogens is 460 g/mol. The fraction of sp³-hybridized carbons (Fsp3) is 0.0435. The van der Waals surface area contributed by atoms with E-state index in [1.807, 2.05) is 0 Å². The molecule has 0 unspecified atom stereocenters. The van der Waals surface area contributed by atoms with Crippen molar-refractivity contribution in [2.75, 3.05) is 0 Å². The van der Waals surface area contributed by atoms with Crippen LogP contribution in [0.15, 0.2) is 42.6 Å². The van der Waals surface area contributed by atoms with E-state index < -0.39 is 56.6 Å². The van der Waals surface area contributed by atoms with E-state index in [1.54, 1.807) is 0 Å². The molecule has 8 radical (unpaired) electrons. The van der Waals surface area contributed by atoms with E-state index in [1.165, 1.54) is 18.2 Å². The lowest BCUT2D eigenvalue weighted by Crippen LogP contribution is -2.49. The van der Waals surface area contributed by atoms with E-state index in [-0.39, 0.29) is 39.4 Å². The fourth-order valence-electron chi connectivity index (χ4n) is 3.71. The van der Waals surface area contributed by atoms with Crippen molar-refractivity contribution in [3.8, 4) is 16.9 Å². The number of carbonyl (C=O) groups excluding carboxylic acids is 1. The van der Waals surface area contributed by atoms with Crippen molar-refractivity contribution in [3.63, 3.8) is 0 Å². The van der Waals surface area contributed by atoms with Crippen LogP contribution in [0.1, 0.15) is 21.5 Å². The van der Waals surface area contributed by atoms with Gasteiger partial charge in [0, 0.05) is 39.9 Å². The monoisotopic (exact) mass is 469 g/mol. The number of hydrogen-bond donors (Lipinski definition) is 1. The number of carbonyl (C=O) groups is 1. The van der Waals surface area contributed by atoms with Gasteiger partial charge in [0.15, 0.2) is 5.78 Å². The summed E-state index contributed by atoms with van der Waals surface area (Å²) in [6.45, 7) is 0. The number of ketones is 1. The Hall–Kier alpha value is -3.55. The number of halogens is 5. The third-order valence-electron chi connectivity index (χ3n) is 5.49. The van der Waals surface area contributed by atoms with Crippen molar-refractivity contribution < 1.29 is 31.9 Å². The SMILES string of the molecule is [B]c1c([B])c(C(=O)c2c(-c3ccc(C(F)(F)F)cc3F)cnc3cc(O)ccc23)c([B])c([B])c1F. The number of benzene rings is 3. The predicted molar refractivity (Wildman–Crippen MR) is 125 cm³/mol.